The predicted octanol–water partition coefficient (Wildman–Crippen LogP) is 5.08. The molecule has 0 spiro atoms. The van der Waals surface area contributed by atoms with Gasteiger partial charge in [-0.05, 0) is 42.8 Å². The number of carbonyl (C=O) groups excluding carboxylic acids is 1. The van der Waals surface area contributed by atoms with Gasteiger partial charge in [-0.2, -0.15) is 5.10 Å². The summed E-state index contributed by atoms with van der Waals surface area (Å²) in [5.41, 5.74) is 4.18. The maximum atomic E-state index is 13.3. The zero-order valence-corrected chi connectivity index (χ0v) is 16.8. The number of nitrogens with zero attached hydrogens (tertiary/aromatic N) is 2. The number of aromatic nitrogens is 2. The Morgan fingerprint density at radius 2 is 2.00 bits per heavy atom. The van der Waals surface area contributed by atoms with E-state index in [0.29, 0.717) is 39.8 Å². The van der Waals surface area contributed by atoms with Crippen LogP contribution in [0.1, 0.15) is 39.0 Å². The standard InChI is InChI=1S/C23H18ClN3O3/c1-13-4-6-14(7-5-13)22-19-20(17-11-15(24)8-9-18(17)28)25-26-21(19)23(29)27(22)12-16-3-2-10-30-16/h2-11,22,28H,12H2,1H3,(H,25,26). The van der Waals surface area contributed by atoms with Gasteiger partial charge in [0, 0.05) is 16.1 Å². The summed E-state index contributed by atoms with van der Waals surface area (Å²) in [5.74, 6) is 0.561. The van der Waals surface area contributed by atoms with Gasteiger partial charge in [0.05, 0.1) is 18.8 Å². The summed E-state index contributed by atoms with van der Waals surface area (Å²) < 4.78 is 5.50. The van der Waals surface area contributed by atoms with Crippen LogP contribution in [0.15, 0.2) is 65.3 Å². The fourth-order valence-corrected chi connectivity index (χ4v) is 4.10. The van der Waals surface area contributed by atoms with E-state index in [1.165, 1.54) is 6.07 Å². The van der Waals surface area contributed by atoms with Gasteiger partial charge in [-0.15, -0.1) is 0 Å². The van der Waals surface area contributed by atoms with E-state index in [1.54, 1.807) is 29.4 Å². The number of hydrogen-bond acceptors (Lipinski definition) is 4. The molecule has 5 rings (SSSR count). The minimum atomic E-state index is -0.384. The highest BCUT2D eigenvalue weighted by Crippen LogP contribution is 2.45. The number of halogens is 1. The molecule has 2 N–H and O–H groups in total. The first-order valence-corrected chi connectivity index (χ1v) is 9.88. The first kappa shape index (κ1) is 18.5. The molecular formula is C23H18ClN3O3. The molecule has 150 valence electrons. The van der Waals surface area contributed by atoms with Crippen molar-refractivity contribution < 1.29 is 14.3 Å². The van der Waals surface area contributed by atoms with E-state index in [9.17, 15) is 9.90 Å². The van der Waals surface area contributed by atoms with Crippen molar-refractivity contribution in [2.45, 2.75) is 19.5 Å². The average Bonchev–Trinajstić information content (AvgIpc) is 3.45. The predicted molar refractivity (Wildman–Crippen MR) is 112 cm³/mol. The number of carbonyl (C=O) groups is 1. The van der Waals surface area contributed by atoms with E-state index < -0.39 is 0 Å². The first-order chi connectivity index (χ1) is 14.5. The molecule has 1 amide bonds. The molecule has 6 nitrogen and oxygen atoms in total. The monoisotopic (exact) mass is 419 g/mol. The number of aromatic hydroxyl groups is 1. The molecule has 3 heterocycles. The number of nitrogens with one attached hydrogen (secondary N) is 1. The molecule has 0 saturated heterocycles. The van der Waals surface area contributed by atoms with Gasteiger partial charge in [-0.25, -0.2) is 0 Å². The Morgan fingerprint density at radius 1 is 1.20 bits per heavy atom. The summed E-state index contributed by atoms with van der Waals surface area (Å²) in [6, 6.07) is 16.1. The zero-order chi connectivity index (χ0) is 20.8. The molecule has 1 atom stereocenters. The number of rotatable bonds is 4. The molecule has 0 fully saturated rings. The van der Waals surface area contributed by atoms with Crippen LogP contribution in [0.3, 0.4) is 0 Å². The molecule has 1 aliphatic heterocycles. The number of furan rings is 1. The van der Waals surface area contributed by atoms with Crippen molar-refractivity contribution in [3.05, 3.63) is 94.0 Å². The Labute approximate surface area is 177 Å². The van der Waals surface area contributed by atoms with E-state index >= 15 is 0 Å². The lowest BCUT2D eigenvalue weighted by Gasteiger charge is -2.25. The number of benzene rings is 2. The Balaban J connectivity index is 1.69. The number of phenolic OH excluding ortho intramolecular Hbond substituents is 1. The Bertz CT molecular complexity index is 1230. The second-order valence-corrected chi connectivity index (χ2v) is 7.78. The largest absolute Gasteiger partial charge is 0.507 e. The smallest absolute Gasteiger partial charge is 0.273 e. The number of fused-ring (bicyclic) bond motifs is 1. The van der Waals surface area contributed by atoms with Gasteiger partial charge >= 0.3 is 0 Å². The molecule has 30 heavy (non-hydrogen) atoms. The van der Waals surface area contributed by atoms with E-state index in [1.807, 2.05) is 37.3 Å². The number of H-pyrrole nitrogens is 1. The second kappa shape index (κ2) is 7.07. The third kappa shape index (κ3) is 2.97. The van der Waals surface area contributed by atoms with Crippen LogP contribution in [0.4, 0.5) is 0 Å². The van der Waals surface area contributed by atoms with Gasteiger partial charge in [0.2, 0.25) is 0 Å². The first-order valence-electron chi connectivity index (χ1n) is 9.50. The van der Waals surface area contributed by atoms with Crippen molar-refractivity contribution in [2.75, 3.05) is 0 Å². The molecule has 4 aromatic rings. The summed E-state index contributed by atoms with van der Waals surface area (Å²) in [5, 5.41) is 18.2. The van der Waals surface area contributed by atoms with Gasteiger partial charge in [-0.1, -0.05) is 41.4 Å². The van der Waals surface area contributed by atoms with Crippen LogP contribution in [0.2, 0.25) is 5.02 Å². The zero-order valence-electron chi connectivity index (χ0n) is 16.1. The number of hydrogen-bond donors (Lipinski definition) is 2. The Kier molecular flexibility index (Phi) is 4.37. The minimum Gasteiger partial charge on any atom is -0.507 e. The number of phenols is 1. The third-order valence-electron chi connectivity index (χ3n) is 5.38. The van der Waals surface area contributed by atoms with E-state index in [4.69, 9.17) is 16.0 Å². The summed E-state index contributed by atoms with van der Waals surface area (Å²) in [4.78, 5) is 15.0. The van der Waals surface area contributed by atoms with Crippen molar-refractivity contribution >= 4 is 17.5 Å². The second-order valence-electron chi connectivity index (χ2n) is 7.35. The van der Waals surface area contributed by atoms with Gasteiger partial charge in [0.15, 0.2) is 0 Å². The maximum Gasteiger partial charge on any atom is 0.273 e. The van der Waals surface area contributed by atoms with Crippen LogP contribution < -0.4 is 0 Å². The fraction of sp³-hybridized carbons (Fsp3) is 0.130. The lowest BCUT2D eigenvalue weighted by Crippen LogP contribution is -2.29. The molecule has 1 unspecified atom stereocenters. The van der Waals surface area contributed by atoms with Crippen LogP contribution in [0.25, 0.3) is 11.3 Å². The van der Waals surface area contributed by atoms with Gasteiger partial charge in [-0.3, -0.25) is 9.89 Å². The van der Waals surface area contributed by atoms with Crippen LogP contribution >= 0.6 is 11.6 Å². The SMILES string of the molecule is Cc1ccc(C2c3c(-c4cc(Cl)ccc4O)n[nH]c3C(=O)N2Cc2ccco2)cc1. The summed E-state index contributed by atoms with van der Waals surface area (Å²) >= 11 is 6.17. The minimum absolute atomic E-state index is 0.0493. The molecule has 1 aliphatic rings. The Hall–Kier alpha value is -3.51. The fourth-order valence-electron chi connectivity index (χ4n) is 3.93. The molecule has 0 radical (unpaired) electrons. The van der Waals surface area contributed by atoms with Crippen LogP contribution in [-0.4, -0.2) is 26.1 Å². The number of aromatic amines is 1. The molecular weight excluding hydrogens is 402 g/mol. The summed E-state index contributed by atoms with van der Waals surface area (Å²) in [7, 11) is 0. The Morgan fingerprint density at radius 3 is 2.73 bits per heavy atom. The molecule has 2 aromatic carbocycles. The van der Waals surface area contributed by atoms with E-state index in [-0.39, 0.29) is 17.7 Å². The highest BCUT2D eigenvalue weighted by molar-refractivity contribution is 6.31. The number of aryl methyl sites for hydroxylation is 1. The molecule has 7 heteroatoms. The van der Waals surface area contributed by atoms with Gasteiger partial charge in [0.25, 0.3) is 5.91 Å². The highest BCUT2D eigenvalue weighted by atomic mass is 35.5. The lowest BCUT2D eigenvalue weighted by molar-refractivity contribution is 0.0717. The number of amides is 1. The van der Waals surface area contributed by atoms with Crippen LogP contribution in [0.5, 0.6) is 5.75 Å². The molecule has 0 bridgehead atoms. The van der Waals surface area contributed by atoms with Crippen molar-refractivity contribution in [3.63, 3.8) is 0 Å². The van der Waals surface area contributed by atoms with E-state index in [0.717, 1.165) is 11.1 Å². The maximum absolute atomic E-state index is 13.3. The summed E-state index contributed by atoms with van der Waals surface area (Å²) in [6.07, 6.45) is 1.59. The highest BCUT2D eigenvalue weighted by Gasteiger charge is 2.42. The third-order valence-corrected chi connectivity index (χ3v) is 5.61. The van der Waals surface area contributed by atoms with Crippen LogP contribution in [0, 0.1) is 6.92 Å². The quantitative estimate of drug-likeness (QED) is 0.483. The lowest BCUT2D eigenvalue weighted by atomic mass is 9.95. The van der Waals surface area contributed by atoms with Crippen molar-refractivity contribution in [2.24, 2.45) is 0 Å². The molecule has 2 aromatic heterocycles. The average molecular weight is 420 g/mol. The topological polar surface area (TPSA) is 82.4 Å². The molecule has 0 saturated carbocycles. The van der Waals surface area contributed by atoms with Crippen molar-refractivity contribution in [1.29, 1.82) is 0 Å². The molecule has 0 aliphatic carbocycles. The van der Waals surface area contributed by atoms with Gasteiger partial charge < -0.3 is 14.4 Å². The van der Waals surface area contributed by atoms with Crippen LogP contribution in [-0.2, 0) is 6.54 Å². The normalized spacial score (nSPS) is 15.6. The van der Waals surface area contributed by atoms with E-state index in [2.05, 4.69) is 10.2 Å². The van der Waals surface area contributed by atoms with Crippen molar-refractivity contribution in [3.8, 4) is 17.0 Å². The summed E-state index contributed by atoms with van der Waals surface area (Å²) in [6.45, 7) is 2.33. The van der Waals surface area contributed by atoms with Crippen molar-refractivity contribution in [1.82, 2.24) is 15.1 Å². The van der Waals surface area contributed by atoms with Gasteiger partial charge in [0.1, 0.15) is 22.9 Å².